The lowest BCUT2D eigenvalue weighted by atomic mass is 9.99. The summed E-state index contributed by atoms with van der Waals surface area (Å²) in [7, 11) is 2.16. The van der Waals surface area contributed by atoms with Crippen molar-refractivity contribution in [3.63, 3.8) is 0 Å². The van der Waals surface area contributed by atoms with Crippen molar-refractivity contribution in [1.82, 2.24) is 14.8 Å². The van der Waals surface area contributed by atoms with E-state index in [9.17, 15) is 15.0 Å². The molecule has 3 N–H and O–H groups in total. The van der Waals surface area contributed by atoms with Crippen molar-refractivity contribution in [2.75, 3.05) is 33.2 Å². The Balaban J connectivity index is 1.52. The first-order valence-electron chi connectivity index (χ1n) is 11.7. The molecule has 1 aliphatic rings. The molecular formula is C28H28N4O3. The molecule has 0 amide bonds. The van der Waals surface area contributed by atoms with Crippen molar-refractivity contribution in [2.45, 2.75) is 6.54 Å². The van der Waals surface area contributed by atoms with Gasteiger partial charge < -0.3 is 20.1 Å². The Morgan fingerprint density at radius 3 is 2.34 bits per heavy atom. The molecule has 0 radical (unpaired) electrons. The number of hydrogen-bond acceptors (Lipinski definition) is 5. The number of piperazine rings is 1. The third-order valence-corrected chi connectivity index (χ3v) is 6.49. The number of nitrogens with zero attached hydrogens (tertiary/aromatic N) is 3. The summed E-state index contributed by atoms with van der Waals surface area (Å²) in [5.41, 5.74) is 4.67. The highest BCUT2D eigenvalue weighted by atomic mass is 16.4. The lowest BCUT2D eigenvalue weighted by molar-refractivity contribution is 0.0697. The van der Waals surface area contributed by atoms with Gasteiger partial charge in [0.2, 0.25) is 0 Å². The molecule has 7 heteroatoms. The summed E-state index contributed by atoms with van der Waals surface area (Å²) in [6.07, 6.45) is 0. The number of likely N-dealkylation sites (N-methyl/N-ethyl adjacent to an activating group) is 1. The summed E-state index contributed by atoms with van der Waals surface area (Å²) in [4.78, 5) is 24.3. The average Bonchev–Trinajstić information content (AvgIpc) is 3.20. The van der Waals surface area contributed by atoms with Crippen LogP contribution in [-0.4, -0.2) is 69.9 Å². The van der Waals surface area contributed by atoms with Gasteiger partial charge in [-0.25, -0.2) is 9.79 Å². The summed E-state index contributed by atoms with van der Waals surface area (Å²) >= 11 is 0. The molecule has 7 nitrogen and oxygen atoms in total. The zero-order valence-electron chi connectivity index (χ0n) is 19.6. The number of hydrogen-bond donors (Lipinski definition) is 3. The molecule has 0 spiro atoms. The van der Waals surface area contributed by atoms with Gasteiger partial charge in [-0.05, 0) is 42.9 Å². The number of aromatic nitrogens is 1. The molecule has 1 aliphatic heterocycles. The average molecular weight is 469 g/mol. The van der Waals surface area contributed by atoms with Crippen LogP contribution in [0.1, 0.15) is 27.0 Å². The molecule has 0 unspecified atom stereocenters. The predicted octanol–water partition coefficient (Wildman–Crippen LogP) is 4.49. The second kappa shape index (κ2) is 9.74. The van der Waals surface area contributed by atoms with Gasteiger partial charge >= 0.3 is 5.97 Å². The fourth-order valence-corrected chi connectivity index (χ4v) is 4.48. The Labute approximate surface area is 204 Å². The number of aromatic carboxylic acids is 1. The van der Waals surface area contributed by atoms with E-state index in [1.54, 1.807) is 12.1 Å². The number of aromatic amines is 1. The first-order valence-corrected chi connectivity index (χ1v) is 11.7. The Bertz CT molecular complexity index is 1370. The van der Waals surface area contributed by atoms with Crippen LogP contribution in [-0.2, 0) is 6.54 Å². The zero-order valence-corrected chi connectivity index (χ0v) is 19.6. The molecule has 35 heavy (non-hydrogen) atoms. The van der Waals surface area contributed by atoms with Crippen molar-refractivity contribution in [2.24, 2.45) is 4.99 Å². The fraction of sp³-hybridized carbons (Fsp3) is 0.214. The van der Waals surface area contributed by atoms with Crippen LogP contribution >= 0.6 is 0 Å². The van der Waals surface area contributed by atoms with E-state index in [-0.39, 0.29) is 11.4 Å². The van der Waals surface area contributed by atoms with Gasteiger partial charge in [0, 0.05) is 49.2 Å². The van der Waals surface area contributed by atoms with E-state index < -0.39 is 5.97 Å². The third-order valence-electron chi connectivity index (χ3n) is 6.49. The number of carboxylic acid groups (broad SMARTS) is 1. The number of rotatable bonds is 6. The van der Waals surface area contributed by atoms with Crippen LogP contribution in [0.2, 0.25) is 0 Å². The SMILES string of the molecule is CN1CCN(Cc2ccc(N=C(c3ccccc3)c3c(O)[nH]c4ccc(C(=O)O)cc34)cc2)CC1. The van der Waals surface area contributed by atoms with Crippen LogP contribution in [0.15, 0.2) is 77.8 Å². The lowest BCUT2D eigenvalue weighted by Crippen LogP contribution is -2.43. The minimum absolute atomic E-state index is 0.0446. The largest absolute Gasteiger partial charge is 0.494 e. The standard InChI is InChI=1S/C28H28N4O3/c1-31-13-15-32(16-14-31)18-19-7-10-22(11-8-19)29-26(20-5-3-2-4-6-20)25-23-17-21(28(34)35)9-12-24(23)30-27(25)33/h2-12,17,30,33H,13-16,18H2,1H3,(H,34,35). The molecule has 0 bridgehead atoms. The maximum absolute atomic E-state index is 11.6. The van der Waals surface area contributed by atoms with Crippen LogP contribution in [0, 0.1) is 0 Å². The van der Waals surface area contributed by atoms with Crippen molar-refractivity contribution < 1.29 is 15.0 Å². The maximum Gasteiger partial charge on any atom is 0.335 e. The van der Waals surface area contributed by atoms with Crippen LogP contribution in [0.3, 0.4) is 0 Å². The van der Waals surface area contributed by atoms with Gasteiger partial charge in [0.1, 0.15) is 0 Å². The third kappa shape index (κ3) is 4.96. The Kier molecular flexibility index (Phi) is 6.35. The van der Waals surface area contributed by atoms with Gasteiger partial charge in [0.25, 0.3) is 0 Å². The van der Waals surface area contributed by atoms with Gasteiger partial charge in [0.05, 0.1) is 22.5 Å². The van der Waals surface area contributed by atoms with Crippen LogP contribution < -0.4 is 0 Å². The molecule has 2 heterocycles. The maximum atomic E-state index is 11.6. The number of aromatic hydroxyl groups is 1. The monoisotopic (exact) mass is 468 g/mol. The number of carboxylic acids is 1. The van der Waals surface area contributed by atoms with E-state index >= 15 is 0 Å². The summed E-state index contributed by atoms with van der Waals surface area (Å²) in [5.74, 6) is -1.07. The molecule has 0 aliphatic carbocycles. The van der Waals surface area contributed by atoms with E-state index in [0.717, 1.165) is 44.0 Å². The molecule has 1 fully saturated rings. The first kappa shape index (κ1) is 22.8. The van der Waals surface area contributed by atoms with E-state index in [4.69, 9.17) is 4.99 Å². The molecule has 4 aromatic rings. The Morgan fingerprint density at radius 2 is 1.66 bits per heavy atom. The van der Waals surface area contributed by atoms with Crippen LogP contribution in [0.5, 0.6) is 5.88 Å². The normalized spacial score (nSPS) is 15.5. The molecule has 0 saturated carbocycles. The number of nitrogens with one attached hydrogen (secondary N) is 1. The molecule has 5 rings (SSSR count). The molecule has 0 atom stereocenters. The molecule has 178 valence electrons. The molecule has 1 saturated heterocycles. The smallest absolute Gasteiger partial charge is 0.335 e. The second-order valence-corrected chi connectivity index (χ2v) is 8.99. The molecular weight excluding hydrogens is 440 g/mol. The number of H-pyrrole nitrogens is 1. The van der Waals surface area contributed by atoms with E-state index in [1.165, 1.54) is 11.6 Å². The van der Waals surface area contributed by atoms with Gasteiger partial charge in [-0.15, -0.1) is 0 Å². The number of carbonyl (C=O) groups is 1. The van der Waals surface area contributed by atoms with Crippen molar-refractivity contribution in [3.8, 4) is 5.88 Å². The minimum atomic E-state index is -1.02. The topological polar surface area (TPSA) is 92.2 Å². The number of aliphatic imine (C=N–C) groups is 1. The number of fused-ring (bicyclic) bond motifs is 1. The van der Waals surface area contributed by atoms with Crippen molar-refractivity contribution in [1.29, 1.82) is 0 Å². The summed E-state index contributed by atoms with van der Waals surface area (Å²) in [6, 6.07) is 22.5. The van der Waals surface area contributed by atoms with Crippen LogP contribution in [0.4, 0.5) is 5.69 Å². The predicted molar refractivity (Wildman–Crippen MR) is 138 cm³/mol. The quantitative estimate of drug-likeness (QED) is 0.363. The first-order chi connectivity index (χ1) is 17.0. The fourth-order valence-electron chi connectivity index (χ4n) is 4.48. The van der Waals surface area contributed by atoms with E-state index in [2.05, 4.69) is 34.0 Å². The Morgan fingerprint density at radius 1 is 0.943 bits per heavy atom. The highest BCUT2D eigenvalue weighted by Gasteiger charge is 2.20. The zero-order chi connectivity index (χ0) is 24.4. The lowest BCUT2D eigenvalue weighted by Gasteiger charge is -2.32. The van der Waals surface area contributed by atoms with E-state index in [0.29, 0.717) is 22.2 Å². The highest BCUT2D eigenvalue weighted by molar-refractivity contribution is 6.22. The Hall–Kier alpha value is -3.94. The van der Waals surface area contributed by atoms with Gasteiger partial charge in [-0.1, -0.05) is 42.5 Å². The van der Waals surface area contributed by atoms with Crippen LogP contribution in [0.25, 0.3) is 10.9 Å². The minimum Gasteiger partial charge on any atom is -0.494 e. The summed E-state index contributed by atoms with van der Waals surface area (Å²) < 4.78 is 0. The second-order valence-electron chi connectivity index (χ2n) is 8.99. The van der Waals surface area contributed by atoms with Gasteiger partial charge in [-0.3, -0.25) is 4.90 Å². The van der Waals surface area contributed by atoms with E-state index in [1.807, 2.05) is 42.5 Å². The summed E-state index contributed by atoms with van der Waals surface area (Å²) in [5, 5.41) is 20.9. The van der Waals surface area contributed by atoms with Gasteiger partial charge in [0.15, 0.2) is 5.88 Å². The molecule has 3 aromatic carbocycles. The van der Waals surface area contributed by atoms with Crippen molar-refractivity contribution in [3.05, 3.63) is 95.1 Å². The number of benzene rings is 3. The van der Waals surface area contributed by atoms with Crippen molar-refractivity contribution >= 4 is 28.3 Å². The summed E-state index contributed by atoms with van der Waals surface area (Å²) in [6.45, 7) is 5.20. The highest BCUT2D eigenvalue weighted by Crippen LogP contribution is 2.32. The van der Waals surface area contributed by atoms with Gasteiger partial charge in [-0.2, -0.15) is 0 Å². The molecule has 1 aromatic heterocycles.